The van der Waals surface area contributed by atoms with Gasteiger partial charge in [-0.3, -0.25) is 18.6 Å². The average Bonchev–Trinajstić information content (AvgIpc) is 3.18. The van der Waals surface area contributed by atoms with Gasteiger partial charge in [-0.2, -0.15) is 0 Å². The number of rotatable bonds is 38. The molecule has 0 saturated heterocycles. The standard InChI is InChI=1S/C47H77O8P/c1-4-7-9-11-13-15-17-19-21-22-23-24-25-26-28-30-32-34-36-38-40-42-47(49)55-45(44-54-56(50,51)53-6-3)43-52-46(48)41-39-37-35-33-31-29-27-20-18-16-14-12-10-8-5-2/h7-10,13-16,19-21,23-24,27,31,33,45H,4-6,11-12,17-18,22,25-26,28-30,32,34-44H2,1-3H3,(H,50,51)/b9-7-,10-8-,15-13-,16-14-,21-19-,24-23-,27-20-,33-31-. The fourth-order valence-corrected chi connectivity index (χ4v) is 6.07. The first-order chi connectivity index (χ1) is 27.3. The fourth-order valence-electron chi connectivity index (χ4n) is 5.32. The summed E-state index contributed by atoms with van der Waals surface area (Å²) in [6.07, 6.45) is 54.6. The van der Waals surface area contributed by atoms with Gasteiger partial charge in [-0.1, -0.05) is 150 Å². The van der Waals surface area contributed by atoms with Crippen molar-refractivity contribution in [1.29, 1.82) is 0 Å². The predicted octanol–water partition coefficient (Wildman–Crippen LogP) is 13.7. The molecule has 0 aliphatic rings. The number of hydrogen-bond donors (Lipinski definition) is 1. The quantitative estimate of drug-likeness (QED) is 0.0285. The summed E-state index contributed by atoms with van der Waals surface area (Å²) in [4.78, 5) is 34.7. The second kappa shape index (κ2) is 41.6. The Hall–Kier alpha value is -3.03. The molecular weight excluding hydrogens is 723 g/mol. The molecule has 0 fully saturated rings. The zero-order chi connectivity index (χ0) is 41.1. The Morgan fingerprint density at radius 3 is 1.32 bits per heavy atom. The van der Waals surface area contributed by atoms with Gasteiger partial charge in [0, 0.05) is 12.8 Å². The summed E-state index contributed by atoms with van der Waals surface area (Å²) in [6, 6.07) is 0. The molecule has 0 spiro atoms. The molecular formula is C47H77O8P. The van der Waals surface area contributed by atoms with Crippen molar-refractivity contribution in [3.8, 4) is 0 Å². The smallest absolute Gasteiger partial charge is 0.462 e. The lowest BCUT2D eigenvalue weighted by Gasteiger charge is -2.19. The number of carbonyl (C=O) groups excluding carboxylic acids is 2. The van der Waals surface area contributed by atoms with Crippen molar-refractivity contribution in [1.82, 2.24) is 0 Å². The van der Waals surface area contributed by atoms with Crippen LogP contribution in [-0.4, -0.2) is 42.8 Å². The maximum atomic E-state index is 12.6. The van der Waals surface area contributed by atoms with Crippen LogP contribution in [0.25, 0.3) is 0 Å². The van der Waals surface area contributed by atoms with Gasteiger partial charge in [0.25, 0.3) is 0 Å². The number of unbranched alkanes of at least 4 members (excludes halogenated alkanes) is 10. The van der Waals surface area contributed by atoms with Crippen LogP contribution in [0.4, 0.5) is 0 Å². The average molecular weight is 801 g/mol. The molecule has 0 radical (unpaired) electrons. The van der Waals surface area contributed by atoms with Crippen LogP contribution < -0.4 is 0 Å². The van der Waals surface area contributed by atoms with Crippen molar-refractivity contribution in [2.45, 2.75) is 168 Å². The highest BCUT2D eigenvalue weighted by Crippen LogP contribution is 2.43. The molecule has 56 heavy (non-hydrogen) atoms. The Balaban J connectivity index is 4.17. The summed E-state index contributed by atoms with van der Waals surface area (Å²) in [5, 5.41) is 0. The molecule has 0 aliphatic carbocycles. The summed E-state index contributed by atoms with van der Waals surface area (Å²) < 4.78 is 32.6. The van der Waals surface area contributed by atoms with E-state index in [1.54, 1.807) is 6.92 Å². The molecule has 0 heterocycles. The van der Waals surface area contributed by atoms with Crippen LogP contribution >= 0.6 is 7.82 Å². The highest BCUT2D eigenvalue weighted by Gasteiger charge is 2.25. The van der Waals surface area contributed by atoms with Crippen molar-refractivity contribution < 1.29 is 37.6 Å². The Morgan fingerprint density at radius 2 is 0.857 bits per heavy atom. The summed E-state index contributed by atoms with van der Waals surface area (Å²) in [7, 11) is -4.30. The Kier molecular flexibility index (Phi) is 39.3. The monoisotopic (exact) mass is 801 g/mol. The third-order valence-corrected chi connectivity index (χ3v) is 9.45. The fraction of sp³-hybridized carbons (Fsp3) is 0.617. The zero-order valence-corrected chi connectivity index (χ0v) is 36.1. The number of hydrogen-bond acceptors (Lipinski definition) is 7. The first-order valence-corrected chi connectivity index (χ1v) is 23.0. The van der Waals surface area contributed by atoms with E-state index < -0.39 is 32.5 Å². The van der Waals surface area contributed by atoms with Gasteiger partial charge in [0.15, 0.2) is 6.10 Å². The molecule has 1 N–H and O–H groups in total. The van der Waals surface area contributed by atoms with Crippen molar-refractivity contribution in [2.75, 3.05) is 19.8 Å². The first kappa shape index (κ1) is 53.0. The lowest BCUT2D eigenvalue weighted by Crippen LogP contribution is -2.29. The molecule has 0 rings (SSSR count). The zero-order valence-electron chi connectivity index (χ0n) is 35.2. The SMILES string of the molecule is CC/C=C\C/C=C\C/C=C\C/C=C\CCCCCCCCCCC(=O)OC(COC(=O)CCCC/C=C\C/C=C\C/C=C\C/C=C\CC)COP(=O)(O)OCC. The molecule has 9 heteroatoms. The number of esters is 2. The third-order valence-electron chi connectivity index (χ3n) is 8.39. The topological polar surface area (TPSA) is 108 Å². The van der Waals surface area contributed by atoms with Gasteiger partial charge in [-0.25, -0.2) is 4.57 Å². The molecule has 318 valence electrons. The van der Waals surface area contributed by atoms with E-state index in [4.69, 9.17) is 18.5 Å². The van der Waals surface area contributed by atoms with Crippen LogP contribution in [0, 0.1) is 0 Å². The van der Waals surface area contributed by atoms with Gasteiger partial charge in [-0.05, 0) is 96.8 Å². The molecule has 0 aromatic heterocycles. The van der Waals surface area contributed by atoms with Crippen LogP contribution in [0.1, 0.15) is 162 Å². The number of phosphoric acid groups is 1. The maximum absolute atomic E-state index is 12.6. The Morgan fingerprint density at radius 1 is 0.482 bits per heavy atom. The Labute approximate surface area is 341 Å². The van der Waals surface area contributed by atoms with Crippen molar-refractivity contribution in [3.05, 3.63) is 97.2 Å². The van der Waals surface area contributed by atoms with Gasteiger partial charge >= 0.3 is 19.8 Å². The summed E-state index contributed by atoms with van der Waals surface area (Å²) >= 11 is 0. The van der Waals surface area contributed by atoms with E-state index in [1.807, 2.05) is 0 Å². The maximum Gasteiger partial charge on any atom is 0.472 e. The normalized spacial score (nSPS) is 14.3. The Bertz CT molecular complexity index is 1230. The van der Waals surface area contributed by atoms with E-state index in [0.29, 0.717) is 12.8 Å². The van der Waals surface area contributed by atoms with Crippen LogP contribution in [-0.2, 0) is 32.7 Å². The summed E-state index contributed by atoms with van der Waals surface area (Å²) in [6.45, 7) is 5.17. The minimum Gasteiger partial charge on any atom is -0.462 e. The molecule has 0 saturated carbocycles. The van der Waals surface area contributed by atoms with E-state index in [-0.39, 0.29) is 26.1 Å². The van der Waals surface area contributed by atoms with E-state index in [2.05, 4.69) is 111 Å². The lowest BCUT2D eigenvalue weighted by atomic mass is 10.1. The third kappa shape index (κ3) is 40.6. The van der Waals surface area contributed by atoms with Gasteiger partial charge in [0.2, 0.25) is 0 Å². The lowest BCUT2D eigenvalue weighted by molar-refractivity contribution is -0.161. The van der Waals surface area contributed by atoms with Crippen molar-refractivity contribution >= 4 is 19.8 Å². The largest absolute Gasteiger partial charge is 0.472 e. The summed E-state index contributed by atoms with van der Waals surface area (Å²) in [5.41, 5.74) is 0. The van der Waals surface area contributed by atoms with E-state index in [9.17, 15) is 19.0 Å². The van der Waals surface area contributed by atoms with Crippen LogP contribution in [0.3, 0.4) is 0 Å². The van der Waals surface area contributed by atoms with Crippen LogP contribution in [0.5, 0.6) is 0 Å². The number of ether oxygens (including phenoxy) is 2. The van der Waals surface area contributed by atoms with Gasteiger partial charge in [0.05, 0.1) is 13.2 Å². The minimum absolute atomic E-state index is 0.0137. The van der Waals surface area contributed by atoms with E-state index >= 15 is 0 Å². The van der Waals surface area contributed by atoms with Crippen molar-refractivity contribution in [2.24, 2.45) is 0 Å². The molecule has 0 aromatic carbocycles. The number of allylic oxidation sites excluding steroid dienone is 16. The van der Waals surface area contributed by atoms with Crippen LogP contribution in [0.15, 0.2) is 97.2 Å². The van der Waals surface area contributed by atoms with Crippen molar-refractivity contribution in [3.63, 3.8) is 0 Å². The highest BCUT2D eigenvalue weighted by molar-refractivity contribution is 7.47. The van der Waals surface area contributed by atoms with E-state index in [1.165, 1.54) is 25.7 Å². The van der Waals surface area contributed by atoms with Gasteiger partial charge in [-0.15, -0.1) is 0 Å². The second-order valence-electron chi connectivity index (χ2n) is 13.6. The van der Waals surface area contributed by atoms with Gasteiger partial charge in [0.1, 0.15) is 6.61 Å². The first-order valence-electron chi connectivity index (χ1n) is 21.5. The second-order valence-corrected chi connectivity index (χ2v) is 15.0. The van der Waals surface area contributed by atoms with Crippen LogP contribution in [0.2, 0.25) is 0 Å². The molecule has 0 aromatic rings. The van der Waals surface area contributed by atoms with E-state index in [0.717, 1.165) is 89.9 Å². The number of phosphoric ester groups is 1. The highest BCUT2D eigenvalue weighted by atomic mass is 31.2. The molecule has 0 aliphatic heterocycles. The molecule has 0 bridgehead atoms. The molecule has 0 amide bonds. The minimum atomic E-state index is -4.30. The summed E-state index contributed by atoms with van der Waals surface area (Å²) in [5.74, 6) is -0.865. The molecule has 2 unspecified atom stereocenters. The van der Waals surface area contributed by atoms with Gasteiger partial charge < -0.3 is 14.4 Å². The number of carbonyl (C=O) groups is 2. The molecule has 2 atom stereocenters. The predicted molar refractivity (Wildman–Crippen MR) is 234 cm³/mol. The molecule has 8 nitrogen and oxygen atoms in total.